The van der Waals surface area contributed by atoms with Crippen molar-refractivity contribution in [2.45, 2.75) is 38.4 Å². The average molecular weight is 312 g/mol. The number of hydrogen-bond donors (Lipinski definition) is 3. The molecule has 1 saturated heterocycles. The van der Waals surface area contributed by atoms with Gasteiger partial charge in [0.1, 0.15) is 6.04 Å². The third kappa shape index (κ3) is 5.36. The van der Waals surface area contributed by atoms with Crippen molar-refractivity contribution < 1.29 is 9.59 Å². The molecule has 1 heterocycles. The van der Waals surface area contributed by atoms with Gasteiger partial charge >= 0.3 is 0 Å². The Morgan fingerprint density at radius 1 is 1.33 bits per heavy atom. The molecule has 3 N–H and O–H groups in total. The van der Waals surface area contributed by atoms with Crippen molar-refractivity contribution >= 4 is 24.2 Å². The highest BCUT2D eigenvalue weighted by atomic mass is 35.5. The summed E-state index contributed by atoms with van der Waals surface area (Å²) in [6.45, 7) is 3.04. The molecule has 0 spiro atoms. The highest BCUT2D eigenvalue weighted by Gasteiger charge is 2.24. The molecule has 21 heavy (non-hydrogen) atoms. The number of benzene rings is 1. The van der Waals surface area contributed by atoms with Crippen molar-refractivity contribution in [3.63, 3.8) is 0 Å². The van der Waals surface area contributed by atoms with Gasteiger partial charge in [-0.1, -0.05) is 30.3 Å². The van der Waals surface area contributed by atoms with Crippen LogP contribution < -0.4 is 16.0 Å². The van der Waals surface area contributed by atoms with Crippen LogP contribution in [0.4, 0.5) is 0 Å². The molecule has 0 saturated carbocycles. The van der Waals surface area contributed by atoms with Crippen LogP contribution in [0.5, 0.6) is 0 Å². The maximum Gasteiger partial charge on any atom is 0.242 e. The van der Waals surface area contributed by atoms with Gasteiger partial charge in [-0.2, -0.15) is 0 Å². The van der Waals surface area contributed by atoms with Crippen molar-refractivity contribution in [3.8, 4) is 0 Å². The summed E-state index contributed by atoms with van der Waals surface area (Å²) in [5.74, 6) is -0.259. The molecule has 1 aromatic carbocycles. The topological polar surface area (TPSA) is 70.2 Å². The van der Waals surface area contributed by atoms with E-state index in [9.17, 15) is 9.59 Å². The number of amides is 2. The second-order valence-electron chi connectivity index (χ2n) is 5.08. The third-order valence-corrected chi connectivity index (χ3v) is 3.44. The molecule has 5 nitrogen and oxygen atoms in total. The lowest BCUT2D eigenvalue weighted by atomic mass is 10.2. The zero-order valence-corrected chi connectivity index (χ0v) is 12.9. The highest BCUT2D eigenvalue weighted by molar-refractivity contribution is 5.89. The van der Waals surface area contributed by atoms with Gasteiger partial charge in [-0.25, -0.2) is 0 Å². The Morgan fingerprint density at radius 3 is 2.67 bits per heavy atom. The normalized spacial score (nSPS) is 18.4. The summed E-state index contributed by atoms with van der Waals surface area (Å²) in [5.41, 5.74) is 1.04. The minimum Gasteiger partial charge on any atom is -0.350 e. The van der Waals surface area contributed by atoms with Gasteiger partial charge in [-0.15, -0.1) is 12.4 Å². The van der Waals surface area contributed by atoms with Crippen LogP contribution in [0, 0.1) is 0 Å². The van der Waals surface area contributed by atoms with Gasteiger partial charge in [0.2, 0.25) is 11.8 Å². The highest BCUT2D eigenvalue weighted by Crippen LogP contribution is 2.05. The summed E-state index contributed by atoms with van der Waals surface area (Å²) in [7, 11) is 0. The quantitative estimate of drug-likeness (QED) is 0.759. The summed E-state index contributed by atoms with van der Waals surface area (Å²) in [6, 6.07) is 9.02. The van der Waals surface area contributed by atoms with Crippen LogP contribution in [-0.4, -0.2) is 30.4 Å². The average Bonchev–Trinajstić information content (AvgIpc) is 3.00. The molecule has 2 rings (SSSR count). The Balaban J connectivity index is 0.00000220. The zero-order chi connectivity index (χ0) is 14.4. The Morgan fingerprint density at radius 2 is 2.05 bits per heavy atom. The Labute approximate surface area is 131 Å². The van der Waals surface area contributed by atoms with Gasteiger partial charge in [0.05, 0.1) is 6.04 Å². The van der Waals surface area contributed by atoms with Crippen LogP contribution in [0.3, 0.4) is 0 Å². The fourth-order valence-corrected chi connectivity index (χ4v) is 2.23. The van der Waals surface area contributed by atoms with Gasteiger partial charge in [0.25, 0.3) is 0 Å². The van der Waals surface area contributed by atoms with Gasteiger partial charge in [0, 0.05) is 6.54 Å². The van der Waals surface area contributed by atoms with Crippen LogP contribution in [0.15, 0.2) is 30.3 Å². The molecule has 6 heteroatoms. The van der Waals surface area contributed by atoms with Crippen LogP contribution in [0.25, 0.3) is 0 Å². The second-order valence-corrected chi connectivity index (χ2v) is 5.08. The number of carbonyl (C=O) groups excluding carboxylic acids is 2. The smallest absolute Gasteiger partial charge is 0.242 e. The second kappa shape index (κ2) is 8.64. The number of halogens is 1. The van der Waals surface area contributed by atoms with Gasteiger partial charge in [-0.3, -0.25) is 9.59 Å². The Kier molecular flexibility index (Phi) is 7.19. The van der Waals surface area contributed by atoms with E-state index < -0.39 is 6.04 Å². The first-order valence-electron chi connectivity index (χ1n) is 7.02. The molecule has 1 aliphatic rings. The molecule has 0 bridgehead atoms. The molecule has 0 radical (unpaired) electrons. The molecule has 1 aliphatic heterocycles. The third-order valence-electron chi connectivity index (χ3n) is 3.44. The van der Waals surface area contributed by atoms with E-state index >= 15 is 0 Å². The molecular formula is C15H22ClN3O2. The zero-order valence-electron chi connectivity index (χ0n) is 12.1. The monoisotopic (exact) mass is 311 g/mol. The molecular weight excluding hydrogens is 290 g/mol. The summed E-state index contributed by atoms with van der Waals surface area (Å²) < 4.78 is 0. The van der Waals surface area contributed by atoms with E-state index in [1.807, 2.05) is 30.3 Å². The summed E-state index contributed by atoms with van der Waals surface area (Å²) in [5, 5.41) is 8.68. The van der Waals surface area contributed by atoms with Crippen LogP contribution in [0.2, 0.25) is 0 Å². The Bertz CT molecular complexity index is 461. The molecule has 116 valence electrons. The van der Waals surface area contributed by atoms with E-state index in [0.717, 1.165) is 24.9 Å². The first-order chi connectivity index (χ1) is 9.66. The summed E-state index contributed by atoms with van der Waals surface area (Å²) in [6.07, 6.45) is 1.84. The minimum absolute atomic E-state index is 0. The van der Waals surface area contributed by atoms with E-state index in [0.29, 0.717) is 6.54 Å². The fraction of sp³-hybridized carbons (Fsp3) is 0.467. The predicted molar refractivity (Wildman–Crippen MR) is 84.2 cm³/mol. The van der Waals surface area contributed by atoms with E-state index in [4.69, 9.17) is 0 Å². The predicted octanol–water partition coefficient (Wildman–Crippen LogP) is 0.981. The lowest BCUT2D eigenvalue weighted by molar-refractivity contribution is -0.129. The van der Waals surface area contributed by atoms with Crippen molar-refractivity contribution in [3.05, 3.63) is 35.9 Å². The van der Waals surface area contributed by atoms with E-state index in [2.05, 4.69) is 16.0 Å². The van der Waals surface area contributed by atoms with Gasteiger partial charge in [0.15, 0.2) is 0 Å². The van der Waals surface area contributed by atoms with Crippen LogP contribution in [0.1, 0.15) is 25.3 Å². The largest absolute Gasteiger partial charge is 0.350 e. The summed E-state index contributed by atoms with van der Waals surface area (Å²) >= 11 is 0. The van der Waals surface area contributed by atoms with Crippen LogP contribution >= 0.6 is 12.4 Å². The van der Waals surface area contributed by atoms with Crippen molar-refractivity contribution in [2.75, 3.05) is 6.54 Å². The first-order valence-corrected chi connectivity index (χ1v) is 7.02. The molecule has 0 aromatic heterocycles. The molecule has 2 unspecified atom stereocenters. The first kappa shape index (κ1) is 17.5. The van der Waals surface area contributed by atoms with E-state index in [1.165, 1.54) is 0 Å². The van der Waals surface area contributed by atoms with Crippen molar-refractivity contribution in [1.29, 1.82) is 0 Å². The molecule has 2 amide bonds. The molecule has 0 aliphatic carbocycles. The number of carbonyl (C=O) groups is 2. The molecule has 1 aromatic rings. The lowest BCUT2D eigenvalue weighted by Gasteiger charge is -2.17. The summed E-state index contributed by atoms with van der Waals surface area (Å²) in [4.78, 5) is 23.8. The Hall–Kier alpha value is -1.59. The van der Waals surface area contributed by atoms with Gasteiger partial charge < -0.3 is 16.0 Å². The maximum absolute atomic E-state index is 11.9. The van der Waals surface area contributed by atoms with Gasteiger partial charge in [-0.05, 0) is 31.9 Å². The number of rotatable bonds is 5. The van der Waals surface area contributed by atoms with Crippen molar-refractivity contribution in [2.24, 2.45) is 0 Å². The van der Waals surface area contributed by atoms with E-state index in [-0.39, 0.29) is 30.3 Å². The van der Waals surface area contributed by atoms with E-state index in [1.54, 1.807) is 6.92 Å². The van der Waals surface area contributed by atoms with Crippen LogP contribution in [-0.2, 0) is 16.1 Å². The molecule has 2 atom stereocenters. The number of hydrogen-bond acceptors (Lipinski definition) is 3. The molecule has 1 fully saturated rings. The minimum atomic E-state index is -0.520. The lowest BCUT2D eigenvalue weighted by Crippen LogP contribution is -2.49. The fourth-order valence-electron chi connectivity index (χ4n) is 2.23. The van der Waals surface area contributed by atoms with Crippen molar-refractivity contribution in [1.82, 2.24) is 16.0 Å². The number of nitrogens with one attached hydrogen (secondary N) is 3. The SMILES string of the molecule is CC(NC(=O)C1CCCN1)C(=O)NCc1ccccc1.Cl. The standard InChI is InChI=1S/C15H21N3O2.ClH/c1-11(18-15(20)13-8-5-9-16-13)14(19)17-10-12-6-3-2-4-7-12;/h2-4,6-7,11,13,16H,5,8-10H2,1H3,(H,17,19)(H,18,20);1H. The maximum atomic E-state index is 11.9.